The van der Waals surface area contributed by atoms with Crippen LogP contribution in [-0.2, 0) is 4.79 Å². The van der Waals surface area contributed by atoms with Crippen LogP contribution in [0.3, 0.4) is 0 Å². The lowest BCUT2D eigenvalue weighted by molar-refractivity contribution is -0.119. The number of methoxy groups -OCH3 is 2. The van der Waals surface area contributed by atoms with Gasteiger partial charge in [0, 0.05) is 35.3 Å². The van der Waals surface area contributed by atoms with Crippen molar-refractivity contribution in [3.8, 4) is 33.8 Å². The summed E-state index contributed by atoms with van der Waals surface area (Å²) < 4.78 is 11.9. The standard InChI is InChI=1S/C43H45O3P/c1-28(2)30-18-22-32(23-19-30)41-26-34(44)27-42(33-24-20-31(21-25-33)29(3)4)47(41)43-37(35-12-7-9-16-39(35)45-5)14-11-15-38(43)36-13-8-10-17-40(36)46-6/h7-25,28-29,41-42H,26-27H2,1-6H3. The van der Waals surface area contributed by atoms with Crippen LogP contribution in [0.15, 0.2) is 115 Å². The zero-order valence-corrected chi connectivity index (χ0v) is 29.3. The number of Topliss-reactive ketones (excluding diaryl/α,β-unsaturated/α-hetero) is 1. The summed E-state index contributed by atoms with van der Waals surface area (Å²) in [4.78, 5) is 13.8. The number of ether oxygens (including phenoxy) is 2. The number of para-hydroxylation sites is 2. The first-order valence-electron chi connectivity index (χ1n) is 16.7. The van der Waals surface area contributed by atoms with Crippen LogP contribution in [0.1, 0.15) is 85.9 Å². The Balaban J connectivity index is 1.67. The summed E-state index contributed by atoms with van der Waals surface area (Å²) in [5, 5.41) is 1.29. The molecule has 5 aromatic rings. The number of hydrogen-bond acceptors (Lipinski definition) is 3. The molecule has 2 unspecified atom stereocenters. The molecule has 3 nitrogen and oxygen atoms in total. The molecular weight excluding hydrogens is 595 g/mol. The molecule has 1 heterocycles. The molecule has 1 aliphatic heterocycles. The molecule has 0 aliphatic carbocycles. The topological polar surface area (TPSA) is 35.5 Å². The summed E-state index contributed by atoms with van der Waals surface area (Å²) in [6.07, 6.45) is 1.05. The highest BCUT2D eigenvalue weighted by molar-refractivity contribution is 7.67. The third-order valence-corrected chi connectivity index (χ3v) is 12.9. The molecule has 0 spiro atoms. The van der Waals surface area contributed by atoms with E-state index < -0.39 is 7.92 Å². The highest BCUT2D eigenvalue weighted by Crippen LogP contribution is 2.68. The van der Waals surface area contributed by atoms with Crippen LogP contribution in [0.5, 0.6) is 11.5 Å². The first kappa shape index (κ1) is 32.7. The van der Waals surface area contributed by atoms with Gasteiger partial charge in [-0.1, -0.05) is 139 Å². The van der Waals surface area contributed by atoms with Gasteiger partial charge in [0.15, 0.2) is 0 Å². The van der Waals surface area contributed by atoms with Gasteiger partial charge >= 0.3 is 0 Å². The minimum atomic E-state index is -0.978. The van der Waals surface area contributed by atoms with E-state index in [1.54, 1.807) is 14.2 Å². The number of ketones is 1. The second-order valence-corrected chi connectivity index (χ2v) is 15.6. The summed E-state index contributed by atoms with van der Waals surface area (Å²) in [6.45, 7) is 8.91. The molecule has 47 heavy (non-hydrogen) atoms. The maximum absolute atomic E-state index is 13.8. The predicted octanol–water partition coefficient (Wildman–Crippen LogP) is 11.2. The first-order chi connectivity index (χ1) is 22.8. The minimum Gasteiger partial charge on any atom is -0.496 e. The van der Waals surface area contributed by atoms with E-state index in [1.807, 2.05) is 24.3 Å². The van der Waals surface area contributed by atoms with Gasteiger partial charge in [-0.2, -0.15) is 0 Å². The Hall–Kier alpha value is -4.20. The number of rotatable bonds is 9. The third-order valence-electron chi connectivity index (χ3n) is 9.58. The number of carbonyl (C=O) groups is 1. The van der Waals surface area contributed by atoms with Gasteiger partial charge in [-0.05, 0) is 62.7 Å². The van der Waals surface area contributed by atoms with Crippen LogP contribution in [0.2, 0.25) is 0 Å². The first-order valence-corrected chi connectivity index (χ1v) is 18.2. The van der Waals surface area contributed by atoms with E-state index >= 15 is 0 Å². The van der Waals surface area contributed by atoms with E-state index in [9.17, 15) is 4.79 Å². The lowest BCUT2D eigenvalue weighted by atomic mass is 9.96. The van der Waals surface area contributed by atoms with Crippen LogP contribution < -0.4 is 14.8 Å². The van der Waals surface area contributed by atoms with Gasteiger partial charge in [0.25, 0.3) is 0 Å². The van der Waals surface area contributed by atoms with Crippen LogP contribution in [-0.4, -0.2) is 20.0 Å². The second-order valence-electron chi connectivity index (χ2n) is 13.1. The molecule has 0 N–H and O–H groups in total. The molecular formula is C43H45O3P. The Morgan fingerprint density at radius 2 is 0.915 bits per heavy atom. The number of carbonyl (C=O) groups excluding carboxylic acids is 1. The van der Waals surface area contributed by atoms with E-state index in [1.165, 1.54) is 27.6 Å². The maximum Gasteiger partial charge on any atom is 0.134 e. The van der Waals surface area contributed by atoms with Crippen molar-refractivity contribution in [1.29, 1.82) is 0 Å². The Bertz CT molecular complexity index is 1710. The monoisotopic (exact) mass is 640 g/mol. The molecule has 0 radical (unpaired) electrons. The van der Waals surface area contributed by atoms with Crippen molar-refractivity contribution in [1.82, 2.24) is 0 Å². The van der Waals surface area contributed by atoms with E-state index in [2.05, 4.69) is 119 Å². The molecule has 0 aromatic heterocycles. The van der Waals surface area contributed by atoms with E-state index in [0.717, 1.165) is 33.8 Å². The van der Waals surface area contributed by atoms with Gasteiger partial charge < -0.3 is 9.47 Å². The third kappa shape index (κ3) is 6.65. The largest absolute Gasteiger partial charge is 0.496 e. The second kappa shape index (κ2) is 14.3. The molecule has 1 saturated heterocycles. The maximum atomic E-state index is 13.8. The Morgan fingerprint density at radius 1 is 0.532 bits per heavy atom. The molecule has 5 aromatic carbocycles. The van der Waals surface area contributed by atoms with Crippen molar-refractivity contribution in [2.24, 2.45) is 0 Å². The van der Waals surface area contributed by atoms with Gasteiger partial charge in [-0.15, -0.1) is 0 Å². The van der Waals surface area contributed by atoms with Crippen molar-refractivity contribution >= 4 is 19.0 Å². The lowest BCUT2D eigenvalue weighted by Crippen LogP contribution is -2.26. The van der Waals surface area contributed by atoms with Crippen molar-refractivity contribution < 1.29 is 14.3 Å². The summed E-state index contributed by atoms with van der Waals surface area (Å²) >= 11 is 0. The summed E-state index contributed by atoms with van der Waals surface area (Å²) in [5.74, 6) is 2.88. The predicted molar refractivity (Wildman–Crippen MR) is 198 cm³/mol. The SMILES string of the molecule is COc1ccccc1-c1cccc(-c2ccccc2OC)c1P1C(c2ccc(C(C)C)cc2)CC(=O)CC1c1ccc(C(C)C)cc1. The Morgan fingerprint density at radius 3 is 1.30 bits per heavy atom. The lowest BCUT2D eigenvalue weighted by Gasteiger charge is -2.41. The van der Waals surface area contributed by atoms with Crippen molar-refractivity contribution in [3.05, 3.63) is 138 Å². The van der Waals surface area contributed by atoms with Crippen LogP contribution >= 0.6 is 7.92 Å². The number of hydrogen-bond donors (Lipinski definition) is 0. The highest BCUT2D eigenvalue weighted by atomic mass is 31.1. The zero-order valence-electron chi connectivity index (χ0n) is 28.4. The normalized spacial score (nSPS) is 18.0. The van der Waals surface area contributed by atoms with Crippen molar-refractivity contribution in [3.63, 3.8) is 0 Å². The highest BCUT2D eigenvalue weighted by Gasteiger charge is 2.42. The Labute approximate surface area is 281 Å². The summed E-state index contributed by atoms with van der Waals surface area (Å²) in [7, 11) is 2.50. The summed E-state index contributed by atoms with van der Waals surface area (Å²) in [6, 6.07) is 41.4. The van der Waals surface area contributed by atoms with Crippen molar-refractivity contribution in [2.75, 3.05) is 14.2 Å². The molecule has 4 heteroatoms. The van der Waals surface area contributed by atoms with Crippen LogP contribution in [0.4, 0.5) is 0 Å². The van der Waals surface area contributed by atoms with Crippen LogP contribution in [0, 0.1) is 0 Å². The molecule has 0 amide bonds. The van der Waals surface area contributed by atoms with Gasteiger partial charge in [0.05, 0.1) is 14.2 Å². The van der Waals surface area contributed by atoms with Crippen LogP contribution in [0.25, 0.3) is 22.3 Å². The summed E-state index contributed by atoms with van der Waals surface area (Å²) in [5.41, 5.74) is 9.61. The molecule has 1 aliphatic rings. The smallest absolute Gasteiger partial charge is 0.134 e. The molecule has 0 saturated carbocycles. The molecule has 240 valence electrons. The van der Waals surface area contributed by atoms with Gasteiger partial charge in [0.2, 0.25) is 0 Å². The van der Waals surface area contributed by atoms with E-state index in [4.69, 9.17) is 9.47 Å². The van der Waals surface area contributed by atoms with Crippen molar-refractivity contribution in [2.45, 2.75) is 63.7 Å². The quantitative estimate of drug-likeness (QED) is 0.150. The molecule has 6 rings (SSSR count). The molecule has 0 bridgehead atoms. The van der Waals surface area contributed by atoms with E-state index in [0.29, 0.717) is 30.5 Å². The average Bonchev–Trinajstić information content (AvgIpc) is 3.11. The molecule has 2 atom stereocenters. The minimum absolute atomic E-state index is 0.0477. The fourth-order valence-electron chi connectivity index (χ4n) is 6.99. The average molecular weight is 641 g/mol. The number of benzene rings is 5. The fraction of sp³-hybridized carbons (Fsp3) is 0.279. The van der Waals surface area contributed by atoms with Gasteiger partial charge in [0.1, 0.15) is 17.3 Å². The zero-order chi connectivity index (χ0) is 33.1. The van der Waals surface area contributed by atoms with E-state index in [-0.39, 0.29) is 11.3 Å². The fourth-order valence-corrected chi connectivity index (χ4v) is 10.8. The van der Waals surface area contributed by atoms with Gasteiger partial charge in [-0.25, -0.2) is 0 Å². The molecule has 1 fully saturated rings. The van der Waals surface area contributed by atoms with Gasteiger partial charge in [-0.3, -0.25) is 4.79 Å². The Kier molecular flexibility index (Phi) is 9.95.